The molecule has 1 saturated heterocycles. The molecule has 0 saturated carbocycles. The second kappa shape index (κ2) is 12.0. The van der Waals surface area contributed by atoms with Crippen molar-refractivity contribution in [3.05, 3.63) is 45.1 Å². The Morgan fingerprint density at radius 3 is 2.53 bits per heavy atom. The fourth-order valence-corrected chi connectivity index (χ4v) is 4.78. The fourth-order valence-electron chi connectivity index (χ4n) is 3.82. The number of carbonyl (C=O) groups excluding carboxylic acids is 3. The van der Waals surface area contributed by atoms with Gasteiger partial charge in [-0.05, 0) is 43.4 Å². The lowest BCUT2D eigenvalue weighted by atomic mass is 10.1. The van der Waals surface area contributed by atoms with Crippen molar-refractivity contribution in [1.29, 1.82) is 0 Å². The van der Waals surface area contributed by atoms with Crippen molar-refractivity contribution in [2.24, 2.45) is 0 Å². The molecule has 13 heteroatoms. The third-order valence-electron chi connectivity index (χ3n) is 5.67. The van der Waals surface area contributed by atoms with E-state index in [0.29, 0.717) is 22.3 Å². The van der Waals surface area contributed by atoms with E-state index in [-0.39, 0.29) is 32.0 Å². The first-order chi connectivity index (χ1) is 17.0. The van der Waals surface area contributed by atoms with Gasteiger partial charge in [-0.1, -0.05) is 25.4 Å². The first-order valence-electron chi connectivity index (χ1n) is 11.2. The molecular formula is C23H26ClF3N4O4S. The number of anilines is 2. The summed E-state index contributed by atoms with van der Waals surface area (Å²) in [6.45, 7) is 4.47. The smallest absolute Gasteiger partial charge is 0.370 e. The number of likely N-dealkylation sites (N-methyl/N-ethyl adjacent to an activating group) is 1. The van der Waals surface area contributed by atoms with Crippen molar-refractivity contribution in [3.8, 4) is 0 Å². The van der Waals surface area contributed by atoms with Crippen LogP contribution >= 0.6 is 22.9 Å². The van der Waals surface area contributed by atoms with E-state index >= 15 is 0 Å². The van der Waals surface area contributed by atoms with Crippen LogP contribution in [0.3, 0.4) is 0 Å². The minimum atomic E-state index is -4.79. The van der Waals surface area contributed by atoms with Gasteiger partial charge in [-0.2, -0.15) is 13.2 Å². The van der Waals surface area contributed by atoms with Crippen LogP contribution in [0.4, 0.5) is 24.5 Å². The SMILES string of the molecule is CCN(CC)[C@@H](CNC(=O)c1ccc(Cl)s1)C(=O)Nc1ccc(N2CCOCC2=O)cc1C(F)(F)F. The Morgan fingerprint density at radius 2 is 1.94 bits per heavy atom. The molecule has 0 unspecified atom stereocenters. The number of hydrogen-bond donors (Lipinski definition) is 2. The first kappa shape index (κ1) is 27.9. The van der Waals surface area contributed by atoms with E-state index < -0.39 is 41.2 Å². The topological polar surface area (TPSA) is 91.0 Å². The number of amides is 3. The average molecular weight is 547 g/mol. The third-order valence-corrected chi connectivity index (χ3v) is 6.90. The van der Waals surface area contributed by atoms with E-state index in [0.717, 1.165) is 23.5 Å². The van der Waals surface area contributed by atoms with Gasteiger partial charge < -0.3 is 20.3 Å². The van der Waals surface area contributed by atoms with Gasteiger partial charge in [-0.25, -0.2) is 0 Å². The zero-order chi connectivity index (χ0) is 26.5. The first-order valence-corrected chi connectivity index (χ1v) is 12.4. The second-order valence-corrected chi connectivity index (χ2v) is 9.58. The van der Waals surface area contributed by atoms with Crippen molar-refractivity contribution < 1.29 is 32.3 Å². The molecule has 1 atom stereocenters. The summed E-state index contributed by atoms with van der Waals surface area (Å²) < 4.78 is 47.2. The maximum absolute atomic E-state index is 13.9. The number of carbonyl (C=O) groups is 3. The normalized spacial score (nSPS) is 15.2. The predicted octanol–water partition coefficient (Wildman–Crippen LogP) is 3.86. The Morgan fingerprint density at radius 1 is 1.22 bits per heavy atom. The lowest BCUT2D eigenvalue weighted by molar-refractivity contribution is -0.137. The molecule has 2 aromatic rings. The van der Waals surface area contributed by atoms with E-state index in [1.54, 1.807) is 30.9 Å². The fraction of sp³-hybridized carbons (Fsp3) is 0.435. The van der Waals surface area contributed by atoms with E-state index in [1.165, 1.54) is 11.0 Å². The van der Waals surface area contributed by atoms with Gasteiger partial charge in [0.1, 0.15) is 12.6 Å². The lowest BCUT2D eigenvalue weighted by Crippen LogP contribution is -2.50. The zero-order valence-corrected chi connectivity index (χ0v) is 21.2. The number of thiophene rings is 1. The van der Waals surface area contributed by atoms with Gasteiger partial charge in [-0.3, -0.25) is 19.3 Å². The summed E-state index contributed by atoms with van der Waals surface area (Å²) in [5.74, 6) is -1.59. The number of rotatable bonds is 9. The van der Waals surface area contributed by atoms with E-state index in [4.69, 9.17) is 16.3 Å². The Labute approximate surface area is 215 Å². The zero-order valence-electron chi connectivity index (χ0n) is 19.7. The number of alkyl halides is 3. The Balaban J connectivity index is 1.83. The van der Waals surface area contributed by atoms with Crippen LogP contribution < -0.4 is 15.5 Å². The molecule has 1 aromatic carbocycles. The molecule has 196 valence electrons. The van der Waals surface area contributed by atoms with Crippen LogP contribution in [-0.4, -0.2) is 68.1 Å². The average Bonchev–Trinajstić information content (AvgIpc) is 3.28. The summed E-state index contributed by atoms with van der Waals surface area (Å²) in [5, 5.41) is 5.04. The predicted molar refractivity (Wildman–Crippen MR) is 132 cm³/mol. The summed E-state index contributed by atoms with van der Waals surface area (Å²) in [6, 6.07) is 5.51. The molecule has 1 aromatic heterocycles. The highest BCUT2D eigenvalue weighted by Gasteiger charge is 2.36. The van der Waals surface area contributed by atoms with Crippen LogP contribution in [0.5, 0.6) is 0 Å². The monoisotopic (exact) mass is 546 g/mol. The van der Waals surface area contributed by atoms with Gasteiger partial charge in [0.15, 0.2) is 0 Å². The van der Waals surface area contributed by atoms with Gasteiger partial charge in [-0.15, -0.1) is 11.3 Å². The molecule has 0 aliphatic carbocycles. The molecule has 36 heavy (non-hydrogen) atoms. The summed E-state index contributed by atoms with van der Waals surface area (Å²) in [6.07, 6.45) is -4.79. The highest BCUT2D eigenvalue weighted by atomic mass is 35.5. The molecule has 0 spiro atoms. The summed E-state index contributed by atoms with van der Waals surface area (Å²) in [7, 11) is 0. The van der Waals surface area contributed by atoms with Gasteiger partial charge in [0, 0.05) is 18.8 Å². The van der Waals surface area contributed by atoms with Crippen LogP contribution in [-0.2, 0) is 20.5 Å². The minimum Gasteiger partial charge on any atom is -0.370 e. The molecule has 0 radical (unpaired) electrons. The van der Waals surface area contributed by atoms with E-state index in [2.05, 4.69) is 10.6 Å². The van der Waals surface area contributed by atoms with Crippen LogP contribution in [0, 0.1) is 0 Å². The molecule has 2 heterocycles. The number of nitrogens with zero attached hydrogens (tertiary/aromatic N) is 2. The van der Waals surface area contributed by atoms with Crippen molar-refractivity contribution in [3.63, 3.8) is 0 Å². The molecule has 1 aliphatic rings. The van der Waals surface area contributed by atoms with Crippen LogP contribution in [0.2, 0.25) is 4.34 Å². The molecule has 3 amide bonds. The highest BCUT2D eigenvalue weighted by molar-refractivity contribution is 7.18. The Hall–Kier alpha value is -2.67. The number of halogens is 4. The highest BCUT2D eigenvalue weighted by Crippen LogP contribution is 2.37. The van der Waals surface area contributed by atoms with Crippen molar-refractivity contribution in [2.75, 3.05) is 49.6 Å². The van der Waals surface area contributed by atoms with Crippen molar-refractivity contribution in [1.82, 2.24) is 10.2 Å². The number of hydrogen-bond acceptors (Lipinski definition) is 6. The van der Waals surface area contributed by atoms with Gasteiger partial charge in [0.2, 0.25) is 5.91 Å². The summed E-state index contributed by atoms with van der Waals surface area (Å²) >= 11 is 6.94. The van der Waals surface area contributed by atoms with Crippen LogP contribution in [0.1, 0.15) is 29.1 Å². The molecule has 0 bridgehead atoms. The Kier molecular flexibility index (Phi) is 9.34. The largest absolute Gasteiger partial charge is 0.418 e. The minimum absolute atomic E-state index is 0.0655. The van der Waals surface area contributed by atoms with Crippen LogP contribution in [0.15, 0.2) is 30.3 Å². The molecule has 3 rings (SSSR count). The molecule has 2 N–H and O–H groups in total. The molecule has 1 aliphatic heterocycles. The molecule has 8 nitrogen and oxygen atoms in total. The third kappa shape index (κ3) is 6.75. The van der Waals surface area contributed by atoms with Gasteiger partial charge >= 0.3 is 6.18 Å². The molecule has 1 fully saturated rings. The quantitative estimate of drug-likeness (QED) is 0.498. The standard InChI is InChI=1S/C23H26ClF3N4O4S/c1-3-30(4-2)17(12-28-22(34)18-7-8-19(24)36-18)21(33)29-16-6-5-14(11-15(16)23(25,26)27)31-9-10-35-13-20(31)32/h5-8,11,17H,3-4,9-10,12-13H2,1-2H3,(H,28,34)(H,29,33)/t17-/m0/s1. The van der Waals surface area contributed by atoms with Gasteiger partial charge in [0.05, 0.1) is 27.1 Å². The lowest BCUT2D eigenvalue weighted by Gasteiger charge is -2.30. The summed E-state index contributed by atoms with van der Waals surface area (Å²) in [5.41, 5.74) is -1.45. The molecular weight excluding hydrogens is 521 g/mol. The maximum atomic E-state index is 13.9. The maximum Gasteiger partial charge on any atom is 0.418 e. The number of nitrogens with one attached hydrogen (secondary N) is 2. The van der Waals surface area contributed by atoms with Crippen molar-refractivity contribution >= 4 is 52.0 Å². The summed E-state index contributed by atoms with van der Waals surface area (Å²) in [4.78, 5) is 41.0. The Bertz CT molecular complexity index is 1110. The van der Waals surface area contributed by atoms with E-state index in [9.17, 15) is 27.6 Å². The number of ether oxygens (including phenoxy) is 1. The van der Waals surface area contributed by atoms with Crippen LogP contribution in [0.25, 0.3) is 0 Å². The van der Waals surface area contributed by atoms with Crippen molar-refractivity contribution in [2.45, 2.75) is 26.1 Å². The second-order valence-electron chi connectivity index (χ2n) is 7.87. The van der Waals surface area contributed by atoms with E-state index in [1.807, 2.05) is 0 Å². The number of morpholine rings is 1. The number of benzene rings is 1. The van der Waals surface area contributed by atoms with Gasteiger partial charge in [0.25, 0.3) is 11.8 Å².